The Balaban J connectivity index is 1.62. The molecule has 0 saturated heterocycles. The number of nitriles is 1. The summed E-state index contributed by atoms with van der Waals surface area (Å²) in [5, 5.41) is 14.8. The third-order valence-corrected chi connectivity index (χ3v) is 4.50. The molecule has 6 heteroatoms. The van der Waals surface area contributed by atoms with E-state index in [2.05, 4.69) is 10.6 Å². The third kappa shape index (κ3) is 4.85. The summed E-state index contributed by atoms with van der Waals surface area (Å²) in [5.41, 5.74) is 1.23. The molecule has 6 nitrogen and oxygen atoms in total. The van der Waals surface area contributed by atoms with Gasteiger partial charge in [-0.15, -0.1) is 0 Å². The van der Waals surface area contributed by atoms with Gasteiger partial charge in [0.2, 0.25) is 0 Å². The van der Waals surface area contributed by atoms with Crippen molar-refractivity contribution in [2.45, 2.75) is 31.7 Å². The second-order valence-electron chi connectivity index (χ2n) is 6.45. The molecule has 138 valence electrons. The molecular formula is C21H21N3O3. The number of carbonyl (C=O) groups excluding carboxylic acids is 2. The summed E-state index contributed by atoms with van der Waals surface area (Å²) in [5.74, 6) is -0.236. The summed E-state index contributed by atoms with van der Waals surface area (Å²) in [6.45, 7) is -0.253. The van der Waals surface area contributed by atoms with E-state index in [9.17, 15) is 9.59 Å². The molecule has 0 heterocycles. The minimum Gasteiger partial charge on any atom is -0.482 e. The van der Waals surface area contributed by atoms with Gasteiger partial charge in [0.15, 0.2) is 6.61 Å². The summed E-state index contributed by atoms with van der Waals surface area (Å²) in [4.78, 5) is 24.8. The quantitative estimate of drug-likeness (QED) is 0.824. The van der Waals surface area contributed by atoms with Gasteiger partial charge in [0, 0.05) is 6.04 Å². The van der Waals surface area contributed by atoms with E-state index in [1.807, 2.05) is 6.07 Å². The van der Waals surface area contributed by atoms with Crippen LogP contribution in [-0.4, -0.2) is 24.5 Å². The lowest BCUT2D eigenvalue weighted by Gasteiger charge is -2.15. The van der Waals surface area contributed by atoms with Crippen LogP contribution < -0.4 is 15.4 Å². The second-order valence-corrected chi connectivity index (χ2v) is 6.45. The molecule has 0 aromatic heterocycles. The first-order chi connectivity index (χ1) is 13.2. The highest BCUT2D eigenvalue weighted by Crippen LogP contribution is 2.21. The van der Waals surface area contributed by atoms with Gasteiger partial charge in [-0.1, -0.05) is 37.1 Å². The number of carbonyl (C=O) groups is 2. The third-order valence-electron chi connectivity index (χ3n) is 4.50. The lowest BCUT2D eigenvalue weighted by Crippen LogP contribution is -2.33. The Kier molecular flexibility index (Phi) is 6.06. The number of hydrogen-bond acceptors (Lipinski definition) is 4. The van der Waals surface area contributed by atoms with Crippen LogP contribution in [0.3, 0.4) is 0 Å². The van der Waals surface area contributed by atoms with Crippen molar-refractivity contribution in [3.8, 4) is 11.8 Å². The Morgan fingerprint density at radius 1 is 1.07 bits per heavy atom. The Hall–Kier alpha value is -3.33. The molecule has 0 radical (unpaired) electrons. The van der Waals surface area contributed by atoms with Crippen molar-refractivity contribution in [3.63, 3.8) is 0 Å². The van der Waals surface area contributed by atoms with Crippen molar-refractivity contribution in [2.75, 3.05) is 11.9 Å². The molecule has 0 unspecified atom stereocenters. The van der Waals surface area contributed by atoms with Crippen LogP contribution in [0.2, 0.25) is 0 Å². The number of nitrogens with zero attached hydrogens (tertiary/aromatic N) is 1. The standard InChI is InChI=1S/C21H21N3O3/c22-13-15-7-1-6-12-19(15)27-14-20(25)24-18-11-5-4-10-17(18)21(26)23-16-8-2-3-9-16/h1,4-7,10-12,16H,2-3,8-9,14H2,(H,23,26)(H,24,25). The average Bonchev–Trinajstić information content (AvgIpc) is 3.20. The van der Waals surface area contributed by atoms with E-state index in [1.54, 1.807) is 48.5 Å². The number of amides is 2. The molecule has 2 N–H and O–H groups in total. The van der Waals surface area contributed by atoms with Crippen LogP contribution in [0.25, 0.3) is 0 Å². The molecule has 2 amide bonds. The Morgan fingerprint density at radius 3 is 2.56 bits per heavy atom. The molecular weight excluding hydrogens is 342 g/mol. The highest BCUT2D eigenvalue weighted by Gasteiger charge is 2.20. The molecule has 1 saturated carbocycles. The van der Waals surface area contributed by atoms with E-state index in [4.69, 9.17) is 10.00 Å². The van der Waals surface area contributed by atoms with Crippen LogP contribution in [0.1, 0.15) is 41.6 Å². The summed E-state index contributed by atoms with van der Waals surface area (Å²) < 4.78 is 5.43. The van der Waals surface area contributed by atoms with E-state index in [0.29, 0.717) is 22.6 Å². The topological polar surface area (TPSA) is 91.2 Å². The lowest BCUT2D eigenvalue weighted by molar-refractivity contribution is -0.118. The first-order valence-electron chi connectivity index (χ1n) is 8.99. The van der Waals surface area contributed by atoms with Crippen LogP contribution in [0.15, 0.2) is 48.5 Å². The van der Waals surface area contributed by atoms with Crippen molar-refractivity contribution in [1.82, 2.24) is 5.32 Å². The van der Waals surface area contributed by atoms with Crippen molar-refractivity contribution >= 4 is 17.5 Å². The van der Waals surface area contributed by atoms with Crippen molar-refractivity contribution < 1.29 is 14.3 Å². The second kappa shape index (κ2) is 8.86. The molecule has 1 aliphatic rings. The van der Waals surface area contributed by atoms with E-state index in [1.165, 1.54) is 0 Å². The number of nitrogens with one attached hydrogen (secondary N) is 2. The molecule has 0 spiro atoms. The fraction of sp³-hybridized carbons (Fsp3) is 0.286. The predicted molar refractivity (Wildman–Crippen MR) is 101 cm³/mol. The molecule has 1 aliphatic carbocycles. The molecule has 0 aliphatic heterocycles. The summed E-state index contributed by atoms with van der Waals surface area (Å²) in [6, 6.07) is 15.8. The van der Waals surface area contributed by atoms with Crippen LogP contribution >= 0.6 is 0 Å². The molecule has 0 bridgehead atoms. The highest BCUT2D eigenvalue weighted by molar-refractivity contribution is 6.04. The van der Waals surface area contributed by atoms with Gasteiger partial charge in [0.05, 0.1) is 16.8 Å². The zero-order valence-corrected chi connectivity index (χ0v) is 14.9. The summed E-state index contributed by atoms with van der Waals surface area (Å²) >= 11 is 0. The fourth-order valence-electron chi connectivity index (χ4n) is 3.14. The van der Waals surface area contributed by atoms with Gasteiger partial charge in [-0.25, -0.2) is 0 Å². The summed E-state index contributed by atoms with van der Waals surface area (Å²) in [6.07, 6.45) is 4.24. The van der Waals surface area contributed by atoms with Crippen LogP contribution in [0, 0.1) is 11.3 Å². The normalized spacial score (nSPS) is 13.6. The van der Waals surface area contributed by atoms with Gasteiger partial charge >= 0.3 is 0 Å². The Morgan fingerprint density at radius 2 is 1.78 bits per heavy atom. The largest absolute Gasteiger partial charge is 0.482 e. The first-order valence-corrected chi connectivity index (χ1v) is 8.99. The van der Waals surface area contributed by atoms with Crippen molar-refractivity contribution in [3.05, 3.63) is 59.7 Å². The lowest BCUT2D eigenvalue weighted by atomic mass is 10.1. The minimum absolute atomic E-state index is 0.187. The molecule has 0 atom stereocenters. The number of anilines is 1. The smallest absolute Gasteiger partial charge is 0.262 e. The van der Waals surface area contributed by atoms with Crippen molar-refractivity contribution in [2.24, 2.45) is 0 Å². The number of rotatable bonds is 6. The molecule has 27 heavy (non-hydrogen) atoms. The van der Waals surface area contributed by atoms with Gasteiger partial charge in [-0.2, -0.15) is 5.26 Å². The summed E-state index contributed by atoms with van der Waals surface area (Å²) in [7, 11) is 0. The van der Waals surface area contributed by atoms with Gasteiger partial charge in [0.1, 0.15) is 11.8 Å². The molecule has 2 aromatic carbocycles. The minimum atomic E-state index is -0.399. The Labute approximate surface area is 158 Å². The fourth-order valence-corrected chi connectivity index (χ4v) is 3.14. The van der Waals surface area contributed by atoms with Gasteiger partial charge < -0.3 is 15.4 Å². The monoisotopic (exact) mass is 363 g/mol. The average molecular weight is 363 g/mol. The van der Waals surface area contributed by atoms with Gasteiger partial charge in [0.25, 0.3) is 11.8 Å². The van der Waals surface area contributed by atoms with Gasteiger partial charge in [-0.3, -0.25) is 9.59 Å². The Bertz CT molecular complexity index is 867. The van der Waals surface area contributed by atoms with Crippen molar-refractivity contribution in [1.29, 1.82) is 5.26 Å². The SMILES string of the molecule is N#Cc1ccccc1OCC(=O)Nc1ccccc1C(=O)NC1CCCC1. The zero-order chi connectivity index (χ0) is 19.1. The number of benzene rings is 2. The van der Waals surface area contributed by atoms with E-state index in [0.717, 1.165) is 25.7 Å². The predicted octanol–water partition coefficient (Wildman–Crippen LogP) is 3.25. The van der Waals surface area contributed by atoms with Crippen LogP contribution in [-0.2, 0) is 4.79 Å². The van der Waals surface area contributed by atoms with E-state index < -0.39 is 5.91 Å². The zero-order valence-electron chi connectivity index (χ0n) is 14.9. The maximum Gasteiger partial charge on any atom is 0.262 e. The van der Waals surface area contributed by atoms with E-state index >= 15 is 0 Å². The van der Waals surface area contributed by atoms with E-state index in [-0.39, 0.29) is 18.6 Å². The maximum absolute atomic E-state index is 12.5. The molecule has 3 rings (SSSR count). The maximum atomic E-state index is 12.5. The van der Waals surface area contributed by atoms with Crippen LogP contribution in [0.5, 0.6) is 5.75 Å². The van der Waals surface area contributed by atoms with Crippen LogP contribution in [0.4, 0.5) is 5.69 Å². The highest BCUT2D eigenvalue weighted by atomic mass is 16.5. The first kappa shape index (κ1) is 18.5. The molecule has 2 aromatic rings. The molecule has 1 fully saturated rings. The van der Waals surface area contributed by atoms with Gasteiger partial charge in [-0.05, 0) is 37.1 Å². The number of ether oxygens (including phenoxy) is 1. The number of hydrogen-bond donors (Lipinski definition) is 2. The number of para-hydroxylation sites is 2.